The molecule has 10 heteroatoms. The summed E-state index contributed by atoms with van der Waals surface area (Å²) in [6, 6.07) is 6.99. The number of carbonyl (C=O) groups excluding carboxylic acids is 1. The van der Waals surface area contributed by atoms with E-state index in [-0.39, 0.29) is 29.2 Å². The van der Waals surface area contributed by atoms with Crippen LogP contribution in [0.4, 0.5) is 0 Å². The Labute approximate surface area is 196 Å². The van der Waals surface area contributed by atoms with Crippen molar-refractivity contribution in [1.29, 1.82) is 0 Å². The molecule has 0 fully saturated rings. The van der Waals surface area contributed by atoms with Crippen LogP contribution in [0.2, 0.25) is 0 Å². The fourth-order valence-electron chi connectivity index (χ4n) is 3.39. The molecule has 1 aromatic carbocycles. The fraction of sp³-hybridized carbons (Fsp3) is 0.286. The molecule has 0 aliphatic carbocycles. The maximum Gasteiger partial charge on any atom is 0.341 e. The summed E-state index contributed by atoms with van der Waals surface area (Å²) in [7, 11) is 1.78. The number of ether oxygens (including phenoxy) is 1. The van der Waals surface area contributed by atoms with Crippen LogP contribution in [0.5, 0.6) is 5.75 Å². The van der Waals surface area contributed by atoms with E-state index in [1.165, 1.54) is 0 Å². The number of hydrogen-bond acceptors (Lipinski definition) is 7. The molecule has 164 valence electrons. The predicted octanol–water partition coefficient (Wildman–Crippen LogP) is 3.19. The van der Waals surface area contributed by atoms with E-state index in [1.54, 1.807) is 60.8 Å². The zero-order valence-electron chi connectivity index (χ0n) is 17.1. The van der Waals surface area contributed by atoms with Crippen molar-refractivity contribution in [3.05, 3.63) is 57.4 Å². The molecule has 3 aromatic rings. The summed E-state index contributed by atoms with van der Waals surface area (Å²) in [5.41, 5.74) is 8.01. The molecule has 0 saturated heterocycles. The number of pyridine rings is 1. The maximum atomic E-state index is 13.1. The molecule has 3 rings (SSSR count). The predicted molar refractivity (Wildman–Crippen MR) is 129 cm³/mol. The first-order chi connectivity index (χ1) is 15.0. The molecule has 2 heterocycles. The van der Waals surface area contributed by atoms with Crippen molar-refractivity contribution in [3.63, 3.8) is 0 Å². The van der Waals surface area contributed by atoms with Crippen LogP contribution in [0.15, 0.2) is 34.9 Å². The van der Waals surface area contributed by atoms with Gasteiger partial charge in [0.05, 0.1) is 33.5 Å². The summed E-state index contributed by atoms with van der Waals surface area (Å²) in [6.45, 7) is 2.40. The molecular formula is C21H22BrN3O4S2. The molecule has 0 unspecified atom stereocenters. The molecule has 0 aliphatic heterocycles. The summed E-state index contributed by atoms with van der Waals surface area (Å²) in [5.74, 6) is 0.633. The minimum absolute atomic E-state index is 0.0499. The molecule has 0 spiro atoms. The number of carbonyl (C=O) groups is 1. The van der Waals surface area contributed by atoms with Crippen LogP contribution in [0.25, 0.3) is 10.9 Å². The third kappa shape index (κ3) is 4.57. The zero-order valence-corrected chi connectivity index (χ0v) is 20.3. The molecule has 7 nitrogen and oxygen atoms in total. The molecule has 0 atom stereocenters. The second-order valence-corrected chi connectivity index (χ2v) is 9.09. The van der Waals surface area contributed by atoms with Crippen molar-refractivity contribution in [2.24, 2.45) is 12.8 Å². The van der Waals surface area contributed by atoms with Crippen LogP contribution in [0.3, 0.4) is 0 Å². The number of aromatic nitrogens is 2. The number of nitrogens with two attached hydrogens (primary N) is 1. The third-order valence-electron chi connectivity index (χ3n) is 4.70. The zero-order chi connectivity index (χ0) is 22.5. The Kier molecular flexibility index (Phi) is 7.93. The van der Waals surface area contributed by atoms with Gasteiger partial charge in [0.25, 0.3) is 0 Å². The minimum Gasteiger partial charge on any atom is -0.506 e. The van der Waals surface area contributed by atoms with Crippen LogP contribution in [0.1, 0.15) is 34.2 Å². The standard InChI is InChI=1S/C21H22BrN3O4S2/c1-3-29-21(27)17-16-12(11-30-9-7-23)19(26)13(22)10-15(16)25(2)18(17)20(31-28)14-6-4-5-8-24-14/h4-6,8,10,26H,3,7,9,11,23H2,1-2H3. The molecule has 0 bridgehead atoms. The summed E-state index contributed by atoms with van der Waals surface area (Å²) in [4.78, 5) is 17.7. The van der Waals surface area contributed by atoms with E-state index in [0.717, 1.165) is 0 Å². The van der Waals surface area contributed by atoms with E-state index >= 15 is 0 Å². The number of nitrogens with zero attached hydrogens (tertiary/aromatic N) is 2. The Morgan fingerprint density at radius 3 is 2.77 bits per heavy atom. The number of phenols is 1. The van der Waals surface area contributed by atoms with Gasteiger partial charge in [0, 0.05) is 42.2 Å². The summed E-state index contributed by atoms with van der Waals surface area (Å²) in [5, 5.41) is 11.4. The van der Waals surface area contributed by atoms with Crippen molar-refractivity contribution < 1.29 is 18.8 Å². The number of rotatable bonds is 8. The number of aromatic hydroxyl groups is 1. The molecule has 0 amide bonds. The third-order valence-corrected chi connectivity index (χ3v) is 6.89. The first-order valence-electron chi connectivity index (χ1n) is 9.52. The fourth-order valence-corrected chi connectivity index (χ4v) is 5.17. The lowest BCUT2D eigenvalue weighted by atomic mass is 10.0. The molecule has 0 aliphatic rings. The highest BCUT2D eigenvalue weighted by molar-refractivity contribution is 9.10. The number of benzene rings is 1. The second kappa shape index (κ2) is 10.4. The van der Waals surface area contributed by atoms with Crippen LogP contribution >= 0.6 is 27.7 Å². The van der Waals surface area contributed by atoms with Crippen molar-refractivity contribution >= 4 is 60.7 Å². The largest absolute Gasteiger partial charge is 0.506 e. The lowest BCUT2D eigenvalue weighted by Gasteiger charge is -2.11. The van der Waals surface area contributed by atoms with Gasteiger partial charge in [-0.15, -0.1) is 0 Å². The van der Waals surface area contributed by atoms with Gasteiger partial charge in [0.2, 0.25) is 0 Å². The van der Waals surface area contributed by atoms with E-state index in [1.807, 2.05) is 0 Å². The first-order valence-corrected chi connectivity index (χ1v) is 12.2. The molecule has 0 saturated carbocycles. The number of fused-ring (bicyclic) bond motifs is 1. The van der Waals surface area contributed by atoms with Crippen molar-refractivity contribution in [1.82, 2.24) is 9.55 Å². The number of phenolic OH excluding ortho intramolecular Hbond substituents is 1. The van der Waals surface area contributed by atoms with Crippen molar-refractivity contribution in [2.75, 3.05) is 18.9 Å². The molecule has 31 heavy (non-hydrogen) atoms. The molecule has 0 radical (unpaired) electrons. The summed E-state index contributed by atoms with van der Waals surface area (Å²) >= 11 is 5.23. The van der Waals surface area contributed by atoms with E-state index in [4.69, 9.17) is 10.5 Å². The highest BCUT2D eigenvalue weighted by Gasteiger charge is 2.30. The summed E-state index contributed by atoms with van der Waals surface area (Å²) in [6.07, 6.45) is 1.59. The maximum absolute atomic E-state index is 13.1. The number of esters is 1. The van der Waals surface area contributed by atoms with Gasteiger partial charge in [-0.1, -0.05) is 6.07 Å². The Bertz CT molecular complexity index is 1170. The van der Waals surface area contributed by atoms with Gasteiger partial charge in [-0.25, -0.2) is 9.00 Å². The SMILES string of the molecule is CCOC(=O)c1c(C(=S=O)c2ccccn2)n(C)c2cc(Br)c(O)c(CSCCN)c12. The van der Waals surface area contributed by atoms with Crippen LogP contribution in [-0.2, 0) is 28.8 Å². The lowest BCUT2D eigenvalue weighted by molar-refractivity contribution is 0.0528. The average Bonchev–Trinajstić information content (AvgIpc) is 3.05. The number of aryl methyl sites for hydroxylation is 1. The molecule has 2 aromatic heterocycles. The number of hydrogen-bond donors (Lipinski definition) is 2. The van der Waals surface area contributed by atoms with E-state index in [2.05, 4.69) is 20.9 Å². The Morgan fingerprint density at radius 2 is 2.16 bits per heavy atom. The first kappa shape index (κ1) is 23.5. The Morgan fingerprint density at radius 1 is 1.39 bits per heavy atom. The van der Waals surface area contributed by atoms with Gasteiger partial charge < -0.3 is 20.1 Å². The van der Waals surface area contributed by atoms with Gasteiger partial charge in [-0.05, 0) is 41.1 Å². The smallest absolute Gasteiger partial charge is 0.341 e. The Balaban J connectivity index is 2.41. The molecular weight excluding hydrogens is 502 g/mol. The summed E-state index contributed by atoms with van der Waals surface area (Å²) < 4.78 is 19.8. The second-order valence-electron chi connectivity index (χ2n) is 6.55. The topological polar surface area (TPSA) is 107 Å². The van der Waals surface area contributed by atoms with E-state index < -0.39 is 5.97 Å². The van der Waals surface area contributed by atoms with Gasteiger partial charge in [0.1, 0.15) is 21.9 Å². The highest BCUT2D eigenvalue weighted by Crippen LogP contribution is 2.41. The van der Waals surface area contributed by atoms with Crippen molar-refractivity contribution in [2.45, 2.75) is 12.7 Å². The normalized spacial score (nSPS) is 11.0. The van der Waals surface area contributed by atoms with Crippen LogP contribution in [-0.4, -0.2) is 48.6 Å². The average molecular weight is 524 g/mol. The quantitative estimate of drug-likeness (QED) is 0.202. The monoisotopic (exact) mass is 523 g/mol. The highest BCUT2D eigenvalue weighted by atomic mass is 79.9. The van der Waals surface area contributed by atoms with Crippen LogP contribution < -0.4 is 5.73 Å². The molecule has 3 N–H and O–H groups in total. The van der Waals surface area contributed by atoms with E-state index in [0.29, 0.717) is 55.2 Å². The lowest BCUT2D eigenvalue weighted by Crippen LogP contribution is -2.16. The number of halogens is 1. The number of thioether (sulfide) groups is 1. The van der Waals surface area contributed by atoms with Crippen LogP contribution in [0, 0.1) is 0 Å². The van der Waals surface area contributed by atoms with Gasteiger partial charge in [-0.2, -0.15) is 11.8 Å². The van der Waals surface area contributed by atoms with Crippen molar-refractivity contribution in [3.8, 4) is 5.75 Å². The van der Waals surface area contributed by atoms with Gasteiger partial charge >= 0.3 is 5.97 Å². The van der Waals surface area contributed by atoms with E-state index in [9.17, 15) is 14.1 Å². The minimum atomic E-state index is -0.558. The Hall–Kier alpha value is -2.14. The van der Waals surface area contributed by atoms with Gasteiger partial charge in [0.15, 0.2) is 0 Å². The van der Waals surface area contributed by atoms with Gasteiger partial charge in [-0.3, -0.25) is 4.98 Å².